The molecule has 5 heteroatoms. The van der Waals surface area contributed by atoms with Gasteiger partial charge >= 0.3 is 0 Å². The van der Waals surface area contributed by atoms with Crippen LogP contribution in [0.15, 0.2) is 18.2 Å². The van der Waals surface area contributed by atoms with Crippen LogP contribution in [0.25, 0.3) is 11.0 Å². The van der Waals surface area contributed by atoms with Crippen LogP contribution in [-0.4, -0.2) is 26.9 Å². The lowest BCUT2D eigenvalue weighted by atomic mass is 9.82. The number of carbonyl (C=O) groups excluding carboxylic acids is 1. The Morgan fingerprint density at radius 3 is 2.57 bits per heavy atom. The highest BCUT2D eigenvalue weighted by atomic mass is 16.1. The van der Waals surface area contributed by atoms with Crippen molar-refractivity contribution in [3.05, 3.63) is 23.8 Å². The van der Waals surface area contributed by atoms with E-state index in [9.17, 15) is 4.79 Å². The summed E-state index contributed by atoms with van der Waals surface area (Å²) in [6.45, 7) is 10.9. The normalized spacial score (nSPS) is 13.5. The first-order valence-electron chi connectivity index (χ1n) is 8.29. The quantitative estimate of drug-likeness (QED) is 0.917. The Labute approximate surface area is 138 Å². The highest BCUT2D eigenvalue weighted by Crippen LogP contribution is 2.25. The summed E-state index contributed by atoms with van der Waals surface area (Å²) in [7, 11) is 1.84. The molecule has 0 aliphatic carbocycles. The Morgan fingerprint density at radius 1 is 1.26 bits per heavy atom. The maximum atomic E-state index is 12.6. The number of aromatic nitrogens is 3. The van der Waals surface area contributed by atoms with Crippen molar-refractivity contribution in [2.75, 3.05) is 0 Å². The largest absolute Gasteiger partial charge is 0.349 e. The van der Waals surface area contributed by atoms with Crippen LogP contribution >= 0.6 is 0 Å². The maximum absolute atomic E-state index is 12.6. The summed E-state index contributed by atoms with van der Waals surface area (Å²) < 4.78 is 1.71. The molecule has 2 aromatic rings. The van der Waals surface area contributed by atoms with Crippen molar-refractivity contribution in [3.8, 4) is 0 Å². The summed E-state index contributed by atoms with van der Waals surface area (Å²) >= 11 is 0. The van der Waals surface area contributed by atoms with Crippen molar-refractivity contribution in [3.63, 3.8) is 0 Å². The predicted octanol–water partition coefficient (Wildman–Crippen LogP) is 3.55. The Bertz CT molecular complexity index is 682. The molecule has 0 saturated carbocycles. The van der Waals surface area contributed by atoms with E-state index in [2.05, 4.69) is 50.2 Å². The van der Waals surface area contributed by atoms with E-state index >= 15 is 0 Å². The van der Waals surface area contributed by atoms with E-state index in [1.807, 2.05) is 19.2 Å². The summed E-state index contributed by atoms with van der Waals surface area (Å²) in [5.74, 6) is 0.592. The molecule has 2 rings (SSSR count). The predicted molar refractivity (Wildman–Crippen MR) is 93.3 cm³/mol. The number of benzene rings is 1. The van der Waals surface area contributed by atoms with E-state index in [0.717, 1.165) is 23.9 Å². The van der Waals surface area contributed by atoms with Gasteiger partial charge < -0.3 is 5.32 Å². The molecule has 0 radical (unpaired) electrons. The standard InChI is InChI=1S/C18H28N4O/c1-12(2)7-10-16(18(3,4)5)19-17(23)13-8-9-15-14(11-13)20-21-22(15)6/h8-9,11-12,16H,7,10H2,1-6H3,(H,19,23). The van der Waals surface area contributed by atoms with Crippen molar-refractivity contribution in [1.82, 2.24) is 20.3 Å². The molecule has 1 unspecified atom stereocenters. The second-order valence-electron chi connectivity index (χ2n) is 7.78. The molecule has 1 amide bonds. The number of amides is 1. The van der Waals surface area contributed by atoms with Gasteiger partial charge in [-0.2, -0.15) is 0 Å². The molecule has 126 valence electrons. The molecule has 0 aliphatic rings. The third-order valence-corrected chi connectivity index (χ3v) is 4.26. The fourth-order valence-corrected chi connectivity index (χ4v) is 2.65. The molecule has 1 N–H and O–H groups in total. The Hall–Kier alpha value is -1.91. The third-order valence-electron chi connectivity index (χ3n) is 4.26. The maximum Gasteiger partial charge on any atom is 0.251 e. The van der Waals surface area contributed by atoms with Gasteiger partial charge in [-0.25, -0.2) is 4.68 Å². The number of aryl methyl sites for hydroxylation is 1. The molecule has 0 aliphatic heterocycles. The van der Waals surface area contributed by atoms with Crippen molar-refractivity contribution < 1.29 is 4.79 Å². The van der Waals surface area contributed by atoms with Crippen LogP contribution in [0, 0.1) is 11.3 Å². The second-order valence-corrected chi connectivity index (χ2v) is 7.78. The van der Waals surface area contributed by atoms with E-state index in [1.54, 1.807) is 10.7 Å². The van der Waals surface area contributed by atoms with Gasteiger partial charge in [-0.05, 0) is 42.4 Å². The Morgan fingerprint density at radius 2 is 1.96 bits per heavy atom. The SMILES string of the molecule is CC(C)CCC(NC(=O)c1ccc2c(c1)nnn2C)C(C)(C)C. The van der Waals surface area contributed by atoms with Crippen LogP contribution < -0.4 is 5.32 Å². The summed E-state index contributed by atoms with van der Waals surface area (Å²) in [6, 6.07) is 5.68. The first-order chi connectivity index (χ1) is 10.7. The second kappa shape index (κ2) is 6.69. The van der Waals surface area contributed by atoms with Gasteiger partial charge in [0.1, 0.15) is 5.52 Å². The lowest BCUT2D eigenvalue weighted by Crippen LogP contribution is -2.43. The smallest absolute Gasteiger partial charge is 0.251 e. The molecule has 0 saturated heterocycles. The minimum Gasteiger partial charge on any atom is -0.349 e. The van der Waals surface area contributed by atoms with Crippen molar-refractivity contribution in [2.24, 2.45) is 18.4 Å². The summed E-state index contributed by atoms with van der Waals surface area (Å²) in [6.07, 6.45) is 2.09. The van der Waals surface area contributed by atoms with Crippen LogP contribution in [-0.2, 0) is 7.05 Å². The number of rotatable bonds is 5. The van der Waals surface area contributed by atoms with E-state index in [0.29, 0.717) is 11.5 Å². The fourth-order valence-electron chi connectivity index (χ4n) is 2.65. The van der Waals surface area contributed by atoms with Crippen LogP contribution in [0.4, 0.5) is 0 Å². The molecule has 1 atom stereocenters. The van der Waals surface area contributed by atoms with Gasteiger partial charge in [0.05, 0.1) is 5.52 Å². The molecule has 0 fully saturated rings. The number of hydrogen-bond donors (Lipinski definition) is 1. The van der Waals surface area contributed by atoms with Crippen LogP contribution in [0.5, 0.6) is 0 Å². The van der Waals surface area contributed by atoms with Crippen molar-refractivity contribution in [1.29, 1.82) is 0 Å². The lowest BCUT2D eigenvalue weighted by molar-refractivity contribution is 0.0894. The summed E-state index contributed by atoms with van der Waals surface area (Å²) in [5, 5.41) is 11.3. The topological polar surface area (TPSA) is 59.8 Å². The van der Waals surface area contributed by atoms with Crippen LogP contribution in [0.2, 0.25) is 0 Å². The minimum absolute atomic E-state index is 0.0290. The van der Waals surface area contributed by atoms with Gasteiger partial charge in [0.25, 0.3) is 5.91 Å². The van der Waals surface area contributed by atoms with Gasteiger partial charge in [-0.1, -0.05) is 39.8 Å². The van der Waals surface area contributed by atoms with Crippen LogP contribution in [0.3, 0.4) is 0 Å². The average Bonchev–Trinajstić information content (AvgIpc) is 2.82. The zero-order valence-electron chi connectivity index (χ0n) is 15.1. The monoisotopic (exact) mass is 316 g/mol. The molecular formula is C18H28N4O. The Kier molecular flexibility index (Phi) is 5.07. The molecule has 0 spiro atoms. The fraction of sp³-hybridized carbons (Fsp3) is 0.611. The van der Waals surface area contributed by atoms with Gasteiger partial charge in [0, 0.05) is 18.7 Å². The molecule has 5 nitrogen and oxygen atoms in total. The first-order valence-corrected chi connectivity index (χ1v) is 8.29. The lowest BCUT2D eigenvalue weighted by Gasteiger charge is -2.32. The molecule has 0 bridgehead atoms. The summed E-state index contributed by atoms with van der Waals surface area (Å²) in [5.41, 5.74) is 2.33. The number of nitrogens with one attached hydrogen (secondary N) is 1. The van der Waals surface area contributed by atoms with Crippen molar-refractivity contribution in [2.45, 2.75) is 53.5 Å². The van der Waals surface area contributed by atoms with Gasteiger partial charge in [0.2, 0.25) is 0 Å². The molecule has 1 heterocycles. The molecule has 23 heavy (non-hydrogen) atoms. The third kappa shape index (κ3) is 4.30. The molecule has 1 aromatic carbocycles. The molecule has 1 aromatic heterocycles. The van der Waals surface area contributed by atoms with E-state index < -0.39 is 0 Å². The van der Waals surface area contributed by atoms with Crippen LogP contribution in [0.1, 0.15) is 57.8 Å². The average molecular weight is 316 g/mol. The van der Waals surface area contributed by atoms with Gasteiger partial charge in [0.15, 0.2) is 0 Å². The zero-order chi connectivity index (χ0) is 17.2. The number of carbonyl (C=O) groups is 1. The van der Waals surface area contributed by atoms with E-state index in [4.69, 9.17) is 0 Å². The van der Waals surface area contributed by atoms with E-state index in [-0.39, 0.29) is 17.4 Å². The number of hydrogen-bond acceptors (Lipinski definition) is 3. The van der Waals surface area contributed by atoms with Crippen molar-refractivity contribution >= 4 is 16.9 Å². The zero-order valence-corrected chi connectivity index (χ0v) is 15.1. The Balaban J connectivity index is 2.15. The summed E-state index contributed by atoms with van der Waals surface area (Å²) in [4.78, 5) is 12.6. The minimum atomic E-state index is -0.0405. The molecular weight excluding hydrogens is 288 g/mol. The van der Waals surface area contributed by atoms with Gasteiger partial charge in [-0.3, -0.25) is 4.79 Å². The number of fused-ring (bicyclic) bond motifs is 1. The number of nitrogens with zero attached hydrogens (tertiary/aromatic N) is 3. The highest BCUT2D eigenvalue weighted by Gasteiger charge is 2.26. The van der Waals surface area contributed by atoms with E-state index in [1.165, 1.54) is 0 Å². The highest BCUT2D eigenvalue weighted by molar-refractivity contribution is 5.97. The van der Waals surface area contributed by atoms with Gasteiger partial charge in [-0.15, -0.1) is 5.10 Å². The first kappa shape index (κ1) is 17.4.